The molecule has 1 fully saturated rings. The first-order chi connectivity index (χ1) is 8.66. The van der Waals surface area contributed by atoms with E-state index in [9.17, 15) is 8.42 Å². The van der Waals surface area contributed by atoms with E-state index in [2.05, 4.69) is 5.32 Å². The molecule has 4 heteroatoms. The van der Waals surface area contributed by atoms with E-state index < -0.39 is 9.84 Å². The minimum atomic E-state index is -3.20. The summed E-state index contributed by atoms with van der Waals surface area (Å²) >= 11 is 0. The second kappa shape index (κ2) is 5.85. The molecule has 100 valence electrons. The molecule has 0 aromatic heterocycles. The largest absolute Gasteiger partial charge is 0.313 e. The number of hydrogen-bond acceptors (Lipinski definition) is 3. The molecule has 1 aromatic rings. The molecule has 18 heavy (non-hydrogen) atoms. The number of rotatable bonds is 4. The third-order valence-corrected chi connectivity index (χ3v) is 5.93. The maximum absolute atomic E-state index is 12.6. The van der Waals surface area contributed by atoms with Gasteiger partial charge in [-0.1, -0.05) is 38.0 Å². The van der Waals surface area contributed by atoms with E-state index >= 15 is 0 Å². The van der Waals surface area contributed by atoms with Gasteiger partial charge in [0.05, 0.1) is 10.1 Å². The maximum atomic E-state index is 12.6. The average Bonchev–Trinajstić information content (AvgIpc) is 2.41. The predicted molar refractivity (Wildman–Crippen MR) is 73.3 cm³/mol. The minimum Gasteiger partial charge on any atom is -0.313 e. The van der Waals surface area contributed by atoms with Crippen LogP contribution in [0.25, 0.3) is 0 Å². The summed E-state index contributed by atoms with van der Waals surface area (Å²) in [4.78, 5) is 0.458. The fraction of sp³-hybridized carbons (Fsp3) is 0.571. The molecule has 2 rings (SSSR count). The Morgan fingerprint density at radius 3 is 2.50 bits per heavy atom. The van der Waals surface area contributed by atoms with Gasteiger partial charge in [-0.2, -0.15) is 0 Å². The van der Waals surface area contributed by atoms with Crippen LogP contribution in [0.5, 0.6) is 0 Å². The van der Waals surface area contributed by atoms with E-state index in [-0.39, 0.29) is 11.3 Å². The van der Waals surface area contributed by atoms with Crippen molar-refractivity contribution in [2.45, 2.75) is 48.8 Å². The Kier molecular flexibility index (Phi) is 4.40. The van der Waals surface area contributed by atoms with Crippen molar-refractivity contribution in [2.24, 2.45) is 0 Å². The van der Waals surface area contributed by atoms with Gasteiger partial charge in [-0.15, -0.1) is 0 Å². The molecule has 1 aliphatic rings. The Labute approximate surface area is 110 Å². The van der Waals surface area contributed by atoms with E-state index in [0.717, 1.165) is 32.2 Å². The molecule has 0 heterocycles. The molecule has 2 unspecified atom stereocenters. The second-order valence-electron chi connectivity index (χ2n) is 4.85. The van der Waals surface area contributed by atoms with Crippen molar-refractivity contribution in [3.8, 4) is 0 Å². The van der Waals surface area contributed by atoms with E-state index in [4.69, 9.17) is 0 Å². The van der Waals surface area contributed by atoms with Gasteiger partial charge >= 0.3 is 0 Å². The summed E-state index contributed by atoms with van der Waals surface area (Å²) in [5.41, 5.74) is 0. The van der Waals surface area contributed by atoms with E-state index in [1.54, 1.807) is 24.3 Å². The lowest BCUT2D eigenvalue weighted by Crippen LogP contribution is -2.46. The smallest absolute Gasteiger partial charge is 0.182 e. The summed E-state index contributed by atoms with van der Waals surface area (Å²) in [6.07, 6.45) is 3.87. The zero-order valence-electron chi connectivity index (χ0n) is 10.8. The van der Waals surface area contributed by atoms with Crippen molar-refractivity contribution in [2.75, 3.05) is 6.54 Å². The van der Waals surface area contributed by atoms with Crippen LogP contribution in [0.2, 0.25) is 0 Å². The molecule has 0 amide bonds. The lowest BCUT2D eigenvalue weighted by Gasteiger charge is -2.31. The van der Waals surface area contributed by atoms with Gasteiger partial charge in [0.25, 0.3) is 0 Å². The van der Waals surface area contributed by atoms with Crippen molar-refractivity contribution < 1.29 is 8.42 Å². The summed E-state index contributed by atoms with van der Waals surface area (Å²) in [6.45, 7) is 2.85. The first-order valence-electron chi connectivity index (χ1n) is 6.68. The van der Waals surface area contributed by atoms with Crippen molar-refractivity contribution >= 4 is 9.84 Å². The highest BCUT2D eigenvalue weighted by Crippen LogP contribution is 2.28. The van der Waals surface area contributed by atoms with Crippen LogP contribution in [-0.2, 0) is 9.84 Å². The quantitative estimate of drug-likeness (QED) is 0.911. The van der Waals surface area contributed by atoms with Gasteiger partial charge in [0, 0.05) is 6.04 Å². The Bertz CT molecular complexity index is 468. The summed E-state index contributed by atoms with van der Waals surface area (Å²) in [5, 5.41) is 3.06. The molecule has 3 nitrogen and oxygen atoms in total. The number of hydrogen-bond donors (Lipinski definition) is 1. The number of sulfone groups is 1. The first-order valence-corrected chi connectivity index (χ1v) is 8.23. The Hall–Kier alpha value is -0.870. The standard InChI is InChI=1S/C14H21NO2S/c1-2-15-13-10-6-7-11-14(13)18(16,17)12-8-4-3-5-9-12/h3-5,8-9,13-15H,2,6-7,10-11H2,1H3. The monoisotopic (exact) mass is 267 g/mol. The minimum absolute atomic E-state index is 0.106. The lowest BCUT2D eigenvalue weighted by molar-refractivity contribution is 0.377. The van der Waals surface area contributed by atoms with Crippen LogP contribution in [0.15, 0.2) is 35.2 Å². The van der Waals surface area contributed by atoms with Crippen molar-refractivity contribution in [3.63, 3.8) is 0 Å². The van der Waals surface area contributed by atoms with Crippen LogP contribution in [0, 0.1) is 0 Å². The SMILES string of the molecule is CCNC1CCCCC1S(=O)(=O)c1ccccc1. The van der Waals surface area contributed by atoms with Gasteiger partial charge in [0.15, 0.2) is 9.84 Å². The molecule has 0 radical (unpaired) electrons. The van der Waals surface area contributed by atoms with Crippen molar-refractivity contribution in [3.05, 3.63) is 30.3 Å². The van der Waals surface area contributed by atoms with Crippen LogP contribution in [-0.4, -0.2) is 26.3 Å². The normalized spacial score (nSPS) is 24.9. The first kappa shape index (κ1) is 13.6. The second-order valence-corrected chi connectivity index (χ2v) is 7.01. The molecular weight excluding hydrogens is 246 g/mol. The van der Waals surface area contributed by atoms with Crippen LogP contribution in [0.4, 0.5) is 0 Å². The van der Waals surface area contributed by atoms with Crippen molar-refractivity contribution in [1.29, 1.82) is 0 Å². The van der Waals surface area contributed by atoms with E-state index in [1.807, 2.05) is 13.0 Å². The van der Waals surface area contributed by atoms with Crippen LogP contribution >= 0.6 is 0 Å². The van der Waals surface area contributed by atoms with Gasteiger partial charge in [-0.05, 0) is 31.5 Å². The summed E-state index contributed by atoms with van der Waals surface area (Å²) in [7, 11) is -3.20. The van der Waals surface area contributed by atoms with Gasteiger partial charge in [-0.3, -0.25) is 0 Å². The molecule has 0 aliphatic heterocycles. The highest BCUT2D eigenvalue weighted by atomic mass is 32.2. The van der Waals surface area contributed by atoms with Gasteiger partial charge < -0.3 is 5.32 Å². The van der Waals surface area contributed by atoms with Crippen LogP contribution in [0.1, 0.15) is 32.6 Å². The summed E-state index contributed by atoms with van der Waals surface area (Å²) < 4.78 is 25.3. The zero-order valence-corrected chi connectivity index (χ0v) is 11.6. The highest BCUT2D eigenvalue weighted by Gasteiger charge is 2.35. The van der Waals surface area contributed by atoms with Gasteiger partial charge in [0.1, 0.15) is 0 Å². The Balaban J connectivity index is 2.27. The zero-order chi connectivity index (χ0) is 13.0. The lowest BCUT2D eigenvalue weighted by atomic mass is 9.95. The maximum Gasteiger partial charge on any atom is 0.182 e. The van der Waals surface area contributed by atoms with Gasteiger partial charge in [0.2, 0.25) is 0 Å². The molecule has 1 aliphatic carbocycles. The fourth-order valence-electron chi connectivity index (χ4n) is 2.75. The number of benzene rings is 1. The highest BCUT2D eigenvalue weighted by molar-refractivity contribution is 7.92. The van der Waals surface area contributed by atoms with Gasteiger partial charge in [-0.25, -0.2) is 8.42 Å². The molecule has 0 spiro atoms. The molecule has 1 saturated carbocycles. The van der Waals surface area contributed by atoms with Crippen LogP contribution in [0.3, 0.4) is 0 Å². The molecule has 1 aromatic carbocycles. The fourth-order valence-corrected chi connectivity index (χ4v) is 4.78. The Morgan fingerprint density at radius 1 is 1.17 bits per heavy atom. The molecule has 1 N–H and O–H groups in total. The Morgan fingerprint density at radius 2 is 1.83 bits per heavy atom. The third kappa shape index (κ3) is 2.75. The topological polar surface area (TPSA) is 46.2 Å². The van der Waals surface area contributed by atoms with Crippen molar-refractivity contribution in [1.82, 2.24) is 5.32 Å². The van der Waals surface area contributed by atoms with E-state index in [1.165, 1.54) is 0 Å². The summed E-state index contributed by atoms with van der Waals surface area (Å²) in [5.74, 6) is 0. The predicted octanol–water partition coefficient (Wildman–Crippen LogP) is 2.38. The molecule has 0 bridgehead atoms. The van der Waals surface area contributed by atoms with Crippen LogP contribution < -0.4 is 5.32 Å². The average molecular weight is 267 g/mol. The molecular formula is C14H21NO2S. The van der Waals surface area contributed by atoms with E-state index in [0.29, 0.717) is 4.90 Å². The number of nitrogens with one attached hydrogen (secondary N) is 1. The third-order valence-electron chi connectivity index (χ3n) is 3.64. The summed E-state index contributed by atoms with van der Waals surface area (Å²) in [6, 6.07) is 8.94. The molecule has 0 saturated heterocycles. The molecule has 2 atom stereocenters.